The summed E-state index contributed by atoms with van der Waals surface area (Å²) in [5.74, 6) is 0.813. The van der Waals surface area contributed by atoms with Gasteiger partial charge in [-0.05, 0) is 43.2 Å². The van der Waals surface area contributed by atoms with Crippen LogP contribution < -0.4 is 4.90 Å². The molecule has 22 heavy (non-hydrogen) atoms. The molecule has 6 heteroatoms. The lowest BCUT2D eigenvalue weighted by molar-refractivity contribution is 0.110. The van der Waals surface area contributed by atoms with Gasteiger partial charge in [-0.15, -0.1) is 0 Å². The molecule has 1 fully saturated rings. The maximum Gasteiger partial charge on any atom is 0.185 e. The SMILES string of the molecule is CS(=O)(=O)c1ccc(-c2ccc(C=O)o2)cc1N1CCCC1. The van der Waals surface area contributed by atoms with Gasteiger partial charge >= 0.3 is 0 Å². The van der Waals surface area contributed by atoms with Crippen molar-refractivity contribution in [2.75, 3.05) is 24.2 Å². The first-order chi connectivity index (χ1) is 10.5. The third-order valence-electron chi connectivity index (χ3n) is 3.83. The highest BCUT2D eigenvalue weighted by Crippen LogP contribution is 2.33. The zero-order valence-corrected chi connectivity index (χ0v) is 13.1. The Labute approximate surface area is 129 Å². The van der Waals surface area contributed by atoms with Crippen molar-refractivity contribution in [3.63, 3.8) is 0 Å². The Morgan fingerprint density at radius 1 is 1.14 bits per heavy atom. The van der Waals surface area contributed by atoms with Gasteiger partial charge in [0.1, 0.15) is 5.76 Å². The first-order valence-electron chi connectivity index (χ1n) is 7.13. The van der Waals surface area contributed by atoms with Crippen LogP contribution in [0.3, 0.4) is 0 Å². The van der Waals surface area contributed by atoms with Crippen molar-refractivity contribution in [1.82, 2.24) is 0 Å². The van der Waals surface area contributed by atoms with Gasteiger partial charge in [0.15, 0.2) is 21.9 Å². The number of anilines is 1. The van der Waals surface area contributed by atoms with Crippen LogP contribution >= 0.6 is 0 Å². The Morgan fingerprint density at radius 3 is 2.45 bits per heavy atom. The summed E-state index contributed by atoms with van der Waals surface area (Å²) in [5.41, 5.74) is 1.48. The highest BCUT2D eigenvalue weighted by molar-refractivity contribution is 7.90. The van der Waals surface area contributed by atoms with E-state index in [0.717, 1.165) is 31.5 Å². The molecule has 1 aromatic carbocycles. The quantitative estimate of drug-likeness (QED) is 0.811. The Bertz CT molecular complexity index is 801. The molecule has 0 N–H and O–H groups in total. The van der Waals surface area contributed by atoms with E-state index in [2.05, 4.69) is 4.90 Å². The van der Waals surface area contributed by atoms with Gasteiger partial charge in [-0.25, -0.2) is 8.42 Å². The van der Waals surface area contributed by atoms with Gasteiger partial charge in [-0.3, -0.25) is 4.79 Å². The first kappa shape index (κ1) is 14.8. The second kappa shape index (κ2) is 5.61. The van der Waals surface area contributed by atoms with Crippen molar-refractivity contribution in [3.8, 4) is 11.3 Å². The molecule has 0 bridgehead atoms. The monoisotopic (exact) mass is 319 g/mol. The summed E-state index contributed by atoms with van der Waals surface area (Å²) in [5, 5.41) is 0. The molecule has 2 heterocycles. The Kier molecular flexibility index (Phi) is 3.78. The molecule has 2 aromatic rings. The van der Waals surface area contributed by atoms with Crippen LogP contribution in [-0.2, 0) is 9.84 Å². The van der Waals surface area contributed by atoms with Crippen molar-refractivity contribution in [1.29, 1.82) is 0 Å². The zero-order chi connectivity index (χ0) is 15.7. The highest BCUT2D eigenvalue weighted by atomic mass is 32.2. The lowest BCUT2D eigenvalue weighted by Crippen LogP contribution is -2.20. The average Bonchev–Trinajstić information content (AvgIpc) is 3.17. The van der Waals surface area contributed by atoms with Crippen LogP contribution in [0.5, 0.6) is 0 Å². The van der Waals surface area contributed by atoms with E-state index < -0.39 is 9.84 Å². The molecule has 0 unspecified atom stereocenters. The Hall–Kier alpha value is -2.08. The minimum absolute atomic E-state index is 0.255. The largest absolute Gasteiger partial charge is 0.453 e. The normalized spacial score (nSPS) is 15.2. The van der Waals surface area contributed by atoms with Crippen molar-refractivity contribution in [3.05, 3.63) is 36.1 Å². The number of nitrogens with zero attached hydrogens (tertiary/aromatic N) is 1. The van der Waals surface area contributed by atoms with Gasteiger partial charge in [-0.2, -0.15) is 0 Å². The van der Waals surface area contributed by atoms with Crippen LogP contribution in [0.1, 0.15) is 23.4 Å². The highest BCUT2D eigenvalue weighted by Gasteiger charge is 2.22. The summed E-state index contributed by atoms with van der Waals surface area (Å²) in [4.78, 5) is 13.2. The van der Waals surface area contributed by atoms with Crippen LogP contribution in [0.2, 0.25) is 0 Å². The molecule has 1 aliphatic heterocycles. The molecule has 116 valence electrons. The summed E-state index contributed by atoms with van der Waals surface area (Å²) in [6.07, 6.45) is 3.99. The van der Waals surface area contributed by atoms with Gasteiger partial charge in [0.2, 0.25) is 0 Å². The molecule has 0 atom stereocenters. The number of aldehydes is 1. The topological polar surface area (TPSA) is 67.6 Å². The first-order valence-corrected chi connectivity index (χ1v) is 9.02. The number of rotatable bonds is 4. The van der Waals surface area contributed by atoms with E-state index in [-0.39, 0.29) is 5.76 Å². The molecule has 1 aromatic heterocycles. The second-order valence-corrected chi connectivity index (χ2v) is 7.45. The predicted molar refractivity (Wildman–Crippen MR) is 84.1 cm³/mol. The van der Waals surface area contributed by atoms with E-state index in [1.54, 1.807) is 24.3 Å². The summed E-state index contributed by atoms with van der Waals surface area (Å²) < 4.78 is 29.5. The summed E-state index contributed by atoms with van der Waals surface area (Å²) in [6.45, 7) is 1.70. The Morgan fingerprint density at radius 2 is 1.86 bits per heavy atom. The minimum Gasteiger partial charge on any atom is -0.453 e. The van der Waals surface area contributed by atoms with E-state index in [0.29, 0.717) is 22.6 Å². The van der Waals surface area contributed by atoms with E-state index in [1.807, 2.05) is 6.07 Å². The summed E-state index contributed by atoms with van der Waals surface area (Å²) in [7, 11) is -3.30. The fraction of sp³-hybridized carbons (Fsp3) is 0.312. The summed E-state index contributed by atoms with van der Waals surface area (Å²) >= 11 is 0. The van der Waals surface area contributed by atoms with E-state index in [9.17, 15) is 13.2 Å². The number of sulfone groups is 1. The molecule has 5 nitrogen and oxygen atoms in total. The van der Waals surface area contributed by atoms with Gasteiger partial charge in [-0.1, -0.05) is 0 Å². The molecular weight excluding hydrogens is 302 g/mol. The van der Waals surface area contributed by atoms with Crippen molar-refractivity contribution >= 4 is 21.8 Å². The van der Waals surface area contributed by atoms with Gasteiger partial charge in [0.25, 0.3) is 0 Å². The molecular formula is C16H17NO4S. The van der Waals surface area contributed by atoms with Gasteiger partial charge < -0.3 is 9.32 Å². The number of carbonyl (C=O) groups excluding carboxylic acids is 1. The third kappa shape index (κ3) is 2.78. The number of furan rings is 1. The lowest BCUT2D eigenvalue weighted by atomic mass is 10.1. The number of carbonyl (C=O) groups is 1. The van der Waals surface area contributed by atoms with E-state index >= 15 is 0 Å². The van der Waals surface area contributed by atoms with Gasteiger partial charge in [0.05, 0.1) is 10.6 Å². The predicted octanol–water partition coefficient (Wildman–Crippen LogP) is 2.76. The van der Waals surface area contributed by atoms with Crippen LogP contribution in [0.4, 0.5) is 5.69 Å². The maximum absolute atomic E-state index is 12.0. The molecule has 0 saturated carbocycles. The van der Waals surface area contributed by atoms with E-state index in [1.165, 1.54) is 6.26 Å². The molecule has 0 amide bonds. The summed E-state index contributed by atoms with van der Waals surface area (Å²) in [6, 6.07) is 8.47. The standard InChI is InChI=1S/C16H17NO4S/c1-22(19,20)16-7-4-12(15-6-5-13(11-18)21-15)10-14(16)17-8-2-3-9-17/h4-7,10-11H,2-3,8-9H2,1H3. The molecule has 1 aliphatic rings. The van der Waals surface area contributed by atoms with E-state index in [4.69, 9.17) is 4.42 Å². The van der Waals surface area contributed by atoms with Crippen LogP contribution in [-0.4, -0.2) is 34.0 Å². The number of hydrogen-bond donors (Lipinski definition) is 0. The molecule has 0 aliphatic carbocycles. The number of benzene rings is 1. The molecule has 3 rings (SSSR count). The number of hydrogen-bond acceptors (Lipinski definition) is 5. The average molecular weight is 319 g/mol. The molecule has 0 spiro atoms. The van der Waals surface area contributed by atoms with Crippen LogP contribution in [0, 0.1) is 0 Å². The zero-order valence-electron chi connectivity index (χ0n) is 12.3. The maximum atomic E-state index is 12.0. The molecule has 0 radical (unpaired) electrons. The second-order valence-electron chi connectivity index (χ2n) is 5.47. The van der Waals surface area contributed by atoms with Crippen molar-refractivity contribution in [2.24, 2.45) is 0 Å². The minimum atomic E-state index is -3.30. The van der Waals surface area contributed by atoms with Gasteiger partial charge in [0, 0.05) is 24.9 Å². The van der Waals surface area contributed by atoms with Crippen LogP contribution in [0.25, 0.3) is 11.3 Å². The smallest absolute Gasteiger partial charge is 0.185 e. The van der Waals surface area contributed by atoms with Crippen molar-refractivity contribution < 1.29 is 17.6 Å². The Balaban J connectivity index is 2.10. The van der Waals surface area contributed by atoms with Crippen molar-refractivity contribution in [2.45, 2.75) is 17.7 Å². The fourth-order valence-corrected chi connectivity index (χ4v) is 3.64. The third-order valence-corrected chi connectivity index (χ3v) is 4.98. The molecule has 1 saturated heterocycles. The lowest BCUT2D eigenvalue weighted by Gasteiger charge is -2.21. The fourth-order valence-electron chi connectivity index (χ4n) is 2.76. The van der Waals surface area contributed by atoms with Crippen LogP contribution in [0.15, 0.2) is 39.6 Å².